The van der Waals surface area contributed by atoms with Crippen LogP contribution >= 0.6 is 27.3 Å². The second-order valence-corrected chi connectivity index (χ2v) is 6.15. The number of hydrogen-bond acceptors (Lipinski definition) is 2. The molecule has 0 saturated heterocycles. The van der Waals surface area contributed by atoms with Crippen molar-refractivity contribution in [1.29, 1.82) is 0 Å². The lowest BCUT2D eigenvalue weighted by atomic mass is 10.1. The predicted octanol–water partition coefficient (Wildman–Crippen LogP) is 4.09. The normalized spacial score (nSPS) is 10.4. The molecule has 1 heterocycles. The molecule has 4 heteroatoms. The summed E-state index contributed by atoms with van der Waals surface area (Å²) in [6.07, 6.45) is 0. The van der Waals surface area contributed by atoms with E-state index in [1.54, 1.807) is 16.2 Å². The largest absolute Gasteiger partial charge is 0.337 e. The molecule has 0 radical (unpaired) electrons. The Morgan fingerprint density at radius 2 is 2.17 bits per heavy atom. The van der Waals surface area contributed by atoms with E-state index in [9.17, 15) is 4.79 Å². The van der Waals surface area contributed by atoms with Gasteiger partial charge in [0.05, 0.1) is 6.54 Å². The first-order valence-corrected chi connectivity index (χ1v) is 7.29. The van der Waals surface area contributed by atoms with Gasteiger partial charge >= 0.3 is 0 Å². The van der Waals surface area contributed by atoms with Crippen molar-refractivity contribution in [2.24, 2.45) is 0 Å². The number of carbonyl (C=O) groups excluding carboxylic acids is 1. The Labute approximate surface area is 119 Å². The number of nitrogens with zero attached hydrogens (tertiary/aromatic N) is 1. The molecule has 0 N–H and O–H groups in total. The van der Waals surface area contributed by atoms with Crippen molar-refractivity contribution >= 4 is 33.2 Å². The number of rotatable bonds is 3. The van der Waals surface area contributed by atoms with Gasteiger partial charge in [-0.15, -0.1) is 11.3 Å². The molecule has 0 fully saturated rings. The van der Waals surface area contributed by atoms with Crippen LogP contribution in [-0.4, -0.2) is 17.9 Å². The molecule has 1 amide bonds. The van der Waals surface area contributed by atoms with E-state index in [4.69, 9.17) is 0 Å². The third-order valence-electron chi connectivity index (χ3n) is 2.75. The SMILES string of the molecule is Cc1ccc(Br)cc1C(=O)N(C)Cc1cccs1. The molecule has 0 aliphatic carbocycles. The molecule has 2 rings (SSSR count). The van der Waals surface area contributed by atoms with Gasteiger partial charge in [-0.05, 0) is 36.1 Å². The highest BCUT2D eigenvalue weighted by atomic mass is 79.9. The highest BCUT2D eigenvalue weighted by Crippen LogP contribution is 2.19. The second kappa shape index (κ2) is 5.67. The van der Waals surface area contributed by atoms with E-state index in [0.29, 0.717) is 6.54 Å². The average Bonchev–Trinajstić information content (AvgIpc) is 2.84. The summed E-state index contributed by atoms with van der Waals surface area (Å²) < 4.78 is 0.931. The Morgan fingerprint density at radius 3 is 2.83 bits per heavy atom. The monoisotopic (exact) mass is 323 g/mol. The fourth-order valence-electron chi connectivity index (χ4n) is 1.74. The molecule has 0 unspecified atom stereocenters. The lowest BCUT2D eigenvalue weighted by Gasteiger charge is -2.17. The van der Waals surface area contributed by atoms with Crippen molar-refractivity contribution < 1.29 is 4.79 Å². The standard InChI is InChI=1S/C14H14BrNOS/c1-10-5-6-11(15)8-13(10)14(17)16(2)9-12-4-3-7-18-12/h3-8H,9H2,1-2H3. The molecule has 0 atom stereocenters. The lowest BCUT2D eigenvalue weighted by molar-refractivity contribution is 0.0785. The Bertz CT molecular complexity index is 551. The van der Waals surface area contributed by atoms with Gasteiger partial charge < -0.3 is 4.90 Å². The summed E-state index contributed by atoms with van der Waals surface area (Å²) in [7, 11) is 1.84. The van der Waals surface area contributed by atoms with Gasteiger partial charge in [-0.2, -0.15) is 0 Å². The molecule has 0 saturated carbocycles. The van der Waals surface area contributed by atoms with Crippen molar-refractivity contribution in [3.05, 3.63) is 56.2 Å². The number of thiophene rings is 1. The molecule has 2 nitrogen and oxygen atoms in total. The summed E-state index contributed by atoms with van der Waals surface area (Å²) in [5.74, 6) is 0.0576. The van der Waals surface area contributed by atoms with E-state index in [2.05, 4.69) is 15.9 Å². The van der Waals surface area contributed by atoms with Gasteiger partial charge in [0.2, 0.25) is 0 Å². The van der Waals surface area contributed by atoms with Crippen LogP contribution in [0, 0.1) is 6.92 Å². The van der Waals surface area contributed by atoms with Gasteiger partial charge in [-0.25, -0.2) is 0 Å². The zero-order valence-corrected chi connectivity index (χ0v) is 12.7. The molecule has 94 valence electrons. The van der Waals surface area contributed by atoms with Crippen LogP contribution in [0.4, 0.5) is 0 Å². The van der Waals surface area contributed by atoms with Crippen LogP contribution in [0.25, 0.3) is 0 Å². The van der Waals surface area contributed by atoms with Crippen molar-refractivity contribution in [1.82, 2.24) is 4.90 Å². The smallest absolute Gasteiger partial charge is 0.254 e. The molecule has 1 aromatic heterocycles. The lowest BCUT2D eigenvalue weighted by Crippen LogP contribution is -2.26. The van der Waals surface area contributed by atoms with Gasteiger partial charge in [-0.1, -0.05) is 28.1 Å². The van der Waals surface area contributed by atoms with Gasteiger partial charge in [0, 0.05) is 22.0 Å². The van der Waals surface area contributed by atoms with E-state index in [1.807, 2.05) is 49.7 Å². The predicted molar refractivity (Wildman–Crippen MR) is 79.0 cm³/mol. The van der Waals surface area contributed by atoms with E-state index < -0.39 is 0 Å². The Kier molecular flexibility index (Phi) is 4.19. The van der Waals surface area contributed by atoms with E-state index in [-0.39, 0.29) is 5.91 Å². The molecular formula is C14H14BrNOS. The zero-order valence-electron chi connectivity index (χ0n) is 10.3. The van der Waals surface area contributed by atoms with E-state index >= 15 is 0 Å². The number of aryl methyl sites for hydroxylation is 1. The van der Waals surface area contributed by atoms with Crippen LogP contribution in [0.1, 0.15) is 20.8 Å². The molecule has 2 aromatic rings. The maximum absolute atomic E-state index is 12.4. The van der Waals surface area contributed by atoms with Gasteiger partial charge in [0.25, 0.3) is 5.91 Å². The maximum Gasteiger partial charge on any atom is 0.254 e. The third kappa shape index (κ3) is 3.00. The number of carbonyl (C=O) groups is 1. The first kappa shape index (κ1) is 13.3. The first-order valence-electron chi connectivity index (χ1n) is 5.62. The van der Waals surface area contributed by atoms with Crippen LogP contribution in [0.2, 0.25) is 0 Å². The van der Waals surface area contributed by atoms with Crippen LogP contribution < -0.4 is 0 Å². The summed E-state index contributed by atoms with van der Waals surface area (Å²) in [6, 6.07) is 9.83. The average molecular weight is 324 g/mol. The van der Waals surface area contributed by atoms with E-state index in [0.717, 1.165) is 15.6 Å². The summed E-state index contributed by atoms with van der Waals surface area (Å²) in [6.45, 7) is 2.61. The quantitative estimate of drug-likeness (QED) is 0.833. The molecule has 0 aliphatic heterocycles. The molecule has 1 aromatic carbocycles. The first-order chi connectivity index (χ1) is 8.58. The Morgan fingerprint density at radius 1 is 1.39 bits per heavy atom. The van der Waals surface area contributed by atoms with Gasteiger partial charge in [0.1, 0.15) is 0 Å². The molecule has 0 spiro atoms. The van der Waals surface area contributed by atoms with Crippen LogP contribution in [0.3, 0.4) is 0 Å². The third-order valence-corrected chi connectivity index (χ3v) is 4.10. The molecule has 0 aliphatic rings. The van der Waals surface area contributed by atoms with Crippen molar-refractivity contribution in [3.8, 4) is 0 Å². The fraction of sp³-hybridized carbons (Fsp3) is 0.214. The molecule has 18 heavy (non-hydrogen) atoms. The topological polar surface area (TPSA) is 20.3 Å². The minimum atomic E-state index is 0.0576. The molecule has 0 bridgehead atoms. The van der Waals surface area contributed by atoms with E-state index in [1.165, 1.54) is 4.88 Å². The van der Waals surface area contributed by atoms with Crippen LogP contribution in [0.5, 0.6) is 0 Å². The highest BCUT2D eigenvalue weighted by molar-refractivity contribution is 9.10. The Balaban J connectivity index is 2.17. The van der Waals surface area contributed by atoms with Crippen molar-refractivity contribution in [2.75, 3.05) is 7.05 Å². The summed E-state index contributed by atoms with van der Waals surface area (Å²) in [5, 5.41) is 2.03. The van der Waals surface area contributed by atoms with Gasteiger partial charge in [0.15, 0.2) is 0 Å². The van der Waals surface area contributed by atoms with Crippen molar-refractivity contribution in [2.45, 2.75) is 13.5 Å². The summed E-state index contributed by atoms with van der Waals surface area (Å²) in [5.41, 5.74) is 1.75. The zero-order chi connectivity index (χ0) is 13.1. The highest BCUT2D eigenvalue weighted by Gasteiger charge is 2.14. The van der Waals surface area contributed by atoms with Gasteiger partial charge in [-0.3, -0.25) is 4.79 Å². The minimum absolute atomic E-state index is 0.0576. The Hall–Kier alpha value is -1.13. The number of benzene rings is 1. The fourth-order valence-corrected chi connectivity index (χ4v) is 2.86. The van der Waals surface area contributed by atoms with Crippen LogP contribution in [0.15, 0.2) is 40.2 Å². The summed E-state index contributed by atoms with van der Waals surface area (Å²) in [4.78, 5) is 15.3. The second-order valence-electron chi connectivity index (χ2n) is 4.20. The number of hydrogen-bond donors (Lipinski definition) is 0. The minimum Gasteiger partial charge on any atom is -0.337 e. The summed E-state index contributed by atoms with van der Waals surface area (Å²) >= 11 is 5.07. The van der Waals surface area contributed by atoms with Crippen LogP contribution in [-0.2, 0) is 6.54 Å². The molecular weight excluding hydrogens is 310 g/mol. The maximum atomic E-state index is 12.4. The number of amides is 1. The number of halogens is 1. The van der Waals surface area contributed by atoms with Crippen molar-refractivity contribution in [3.63, 3.8) is 0 Å².